The summed E-state index contributed by atoms with van der Waals surface area (Å²) in [6, 6.07) is -0.588. The van der Waals surface area contributed by atoms with E-state index in [0.717, 1.165) is 40.9 Å². The maximum atomic E-state index is 13.2. The molecule has 0 unspecified atom stereocenters. The summed E-state index contributed by atoms with van der Waals surface area (Å²) < 4.78 is 39.7. The number of hydrogen-bond acceptors (Lipinski definition) is 2. The average molecular weight is 328 g/mol. The molecule has 0 saturated carbocycles. The standard InChI is InChI=1S/C18H27F3N2/c1-11-12(2)14(4)17(15(5)13(11)3)16(10-18(19,20)21)23-8-6-22-7-9-23/h16,22H,6-10H2,1-5H3/t16-/m0/s1. The summed E-state index contributed by atoms with van der Waals surface area (Å²) in [5, 5.41) is 3.22. The molecule has 1 aromatic carbocycles. The van der Waals surface area contributed by atoms with Gasteiger partial charge >= 0.3 is 6.18 Å². The molecule has 5 heteroatoms. The molecule has 0 spiro atoms. The molecule has 0 aromatic heterocycles. The summed E-state index contributed by atoms with van der Waals surface area (Å²) in [5.41, 5.74) is 6.33. The number of halogens is 3. The highest BCUT2D eigenvalue weighted by atomic mass is 19.4. The molecule has 0 bridgehead atoms. The molecule has 2 rings (SSSR count). The molecule has 0 amide bonds. The van der Waals surface area contributed by atoms with Gasteiger partial charge < -0.3 is 5.32 Å². The molecule has 0 aliphatic carbocycles. The van der Waals surface area contributed by atoms with Crippen molar-refractivity contribution in [2.45, 2.75) is 53.3 Å². The first-order valence-electron chi connectivity index (χ1n) is 8.22. The molecule has 23 heavy (non-hydrogen) atoms. The SMILES string of the molecule is Cc1c(C)c(C)c([C@H](CC(F)(F)F)N2CCNCC2)c(C)c1C. The molecule has 1 N–H and O–H groups in total. The first kappa shape index (κ1) is 18.3. The van der Waals surface area contributed by atoms with Crippen molar-refractivity contribution in [3.63, 3.8) is 0 Å². The van der Waals surface area contributed by atoms with E-state index in [9.17, 15) is 13.2 Å². The highest BCUT2D eigenvalue weighted by Crippen LogP contribution is 2.39. The van der Waals surface area contributed by atoms with E-state index in [2.05, 4.69) is 12.2 Å². The lowest BCUT2D eigenvalue weighted by Crippen LogP contribution is -2.46. The van der Waals surface area contributed by atoms with Crippen LogP contribution in [0.4, 0.5) is 13.2 Å². The van der Waals surface area contributed by atoms with Gasteiger partial charge in [-0.05, 0) is 68.0 Å². The van der Waals surface area contributed by atoms with Crippen LogP contribution in [0.25, 0.3) is 0 Å². The number of nitrogens with one attached hydrogen (secondary N) is 1. The molecule has 0 radical (unpaired) electrons. The Hall–Kier alpha value is -1.07. The van der Waals surface area contributed by atoms with Gasteiger partial charge in [-0.25, -0.2) is 0 Å². The molecule has 1 atom stereocenters. The Morgan fingerprint density at radius 2 is 1.30 bits per heavy atom. The van der Waals surface area contributed by atoms with Gasteiger partial charge in [-0.15, -0.1) is 0 Å². The second kappa shape index (κ2) is 6.81. The number of rotatable bonds is 3. The minimum absolute atomic E-state index is 0.588. The number of benzene rings is 1. The van der Waals surface area contributed by atoms with Gasteiger partial charge in [0.05, 0.1) is 6.42 Å². The minimum Gasteiger partial charge on any atom is -0.314 e. The fourth-order valence-electron chi connectivity index (χ4n) is 3.66. The van der Waals surface area contributed by atoms with Crippen molar-refractivity contribution in [3.8, 4) is 0 Å². The normalized spacial score (nSPS) is 18.3. The Morgan fingerprint density at radius 3 is 1.74 bits per heavy atom. The van der Waals surface area contributed by atoms with Gasteiger partial charge in [0.2, 0.25) is 0 Å². The van der Waals surface area contributed by atoms with Crippen LogP contribution in [0.1, 0.15) is 45.8 Å². The second-order valence-corrected chi connectivity index (χ2v) is 6.66. The Morgan fingerprint density at radius 1 is 0.870 bits per heavy atom. The van der Waals surface area contributed by atoms with E-state index in [-0.39, 0.29) is 0 Å². The van der Waals surface area contributed by atoms with Crippen molar-refractivity contribution < 1.29 is 13.2 Å². The number of alkyl halides is 3. The zero-order chi connectivity index (χ0) is 17.4. The quantitative estimate of drug-likeness (QED) is 0.897. The Balaban J connectivity index is 2.54. The zero-order valence-corrected chi connectivity index (χ0v) is 14.7. The molecule has 1 saturated heterocycles. The van der Waals surface area contributed by atoms with Crippen LogP contribution in [0.15, 0.2) is 0 Å². The molecule has 1 fully saturated rings. The largest absolute Gasteiger partial charge is 0.390 e. The van der Waals surface area contributed by atoms with Gasteiger partial charge in [-0.2, -0.15) is 13.2 Å². The van der Waals surface area contributed by atoms with E-state index in [0.29, 0.717) is 13.1 Å². The summed E-state index contributed by atoms with van der Waals surface area (Å²) in [4.78, 5) is 1.99. The summed E-state index contributed by atoms with van der Waals surface area (Å²) in [5.74, 6) is 0. The van der Waals surface area contributed by atoms with Gasteiger partial charge in [0.25, 0.3) is 0 Å². The Labute approximate surface area is 137 Å². The molecule has 1 aliphatic heterocycles. The minimum atomic E-state index is -4.17. The molecule has 130 valence electrons. The summed E-state index contributed by atoms with van der Waals surface area (Å²) in [7, 11) is 0. The van der Waals surface area contributed by atoms with Crippen LogP contribution in [0.2, 0.25) is 0 Å². The van der Waals surface area contributed by atoms with Crippen molar-refractivity contribution >= 4 is 0 Å². The molecular formula is C18H27F3N2. The van der Waals surface area contributed by atoms with Crippen LogP contribution in [0, 0.1) is 34.6 Å². The van der Waals surface area contributed by atoms with E-state index < -0.39 is 18.6 Å². The third-order valence-electron chi connectivity index (χ3n) is 5.41. The number of nitrogens with zero attached hydrogens (tertiary/aromatic N) is 1. The van der Waals surface area contributed by atoms with E-state index >= 15 is 0 Å². The van der Waals surface area contributed by atoms with Crippen LogP contribution >= 0.6 is 0 Å². The first-order valence-corrected chi connectivity index (χ1v) is 8.22. The van der Waals surface area contributed by atoms with Gasteiger partial charge in [-0.3, -0.25) is 4.90 Å². The van der Waals surface area contributed by atoms with Crippen LogP contribution in [-0.4, -0.2) is 37.3 Å². The summed E-state index contributed by atoms with van der Waals surface area (Å²) in [6.07, 6.45) is -4.95. The lowest BCUT2D eigenvalue weighted by Gasteiger charge is -2.38. The highest BCUT2D eigenvalue weighted by Gasteiger charge is 2.37. The van der Waals surface area contributed by atoms with Crippen molar-refractivity contribution in [2.75, 3.05) is 26.2 Å². The second-order valence-electron chi connectivity index (χ2n) is 6.66. The molecule has 1 aliphatic rings. The monoisotopic (exact) mass is 328 g/mol. The lowest BCUT2D eigenvalue weighted by molar-refractivity contribution is -0.148. The number of hydrogen-bond donors (Lipinski definition) is 1. The van der Waals surface area contributed by atoms with Crippen molar-refractivity contribution in [1.82, 2.24) is 10.2 Å². The van der Waals surface area contributed by atoms with E-state index in [4.69, 9.17) is 0 Å². The van der Waals surface area contributed by atoms with Crippen molar-refractivity contribution in [2.24, 2.45) is 0 Å². The Kier molecular flexibility index (Phi) is 5.41. The van der Waals surface area contributed by atoms with E-state index in [1.807, 2.05) is 32.6 Å². The van der Waals surface area contributed by atoms with Gasteiger partial charge in [0, 0.05) is 32.2 Å². The van der Waals surface area contributed by atoms with Crippen LogP contribution in [0.3, 0.4) is 0 Å². The molecule has 1 aromatic rings. The van der Waals surface area contributed by atoms with E-state index in [1.165, 1.54) is 5.56 Å². The Bertz CT molecular complexity index is 544. The average Bonchev–Trinajstić information content (AvgIpc) is 2.50. The van der Waals surface area contributed by atoms with Crippen LogP contribution in [-0.2, 0) is 0 Å². The maximum absolute atomic E-state index is 13.2. The molecular weight excluding hydrogens is 301 g/mol. The van der Waals surface area contributed by atoms with E-state index in [1.54, 1.807) is 0 Å². The fraction of sp³-hybridized carbons (Fsp3) is 0.667. The van der Waals surface area contributed by atoms with Crippen molar-refractivity contribution in [3.05, 3.63) is 33.4 Å². The number of piperazine rings is 1. The maximum Gasteiger partial charge on any atom is 0.390 e. The van der Waals surface area contributed by atoms with Gasteiger partial charge in [-0.1, -0.05) is 0 Å². The smallest absolute Gasteiger partial charge is 0.314 e. The fourth-order valence-corrected chi connectivity index (χ4v) is 3.66. The molecule has 2 nitrogen and oxygen atoms in total. The summed E-state index contributed by atoms with van der Waals surface area (Å²) in [6.45, 7) is 12.8. The van der Waals surface area contributed by atoms with Gasteiger partial charge in [0.15, 0.2) is 0 Å². The molecule has 1 heterocycles. The third-order valence-corrected chi connectivity index (χ3v) is 5.41. The third kappa shape index (κ3) is 3.89. The van der Waals surface area contributed by atoms with Crippen LogP contribution < -0.4 is 5.32 Å². The first-order chi connectivity index (χ1) is 10.6. The predicted molar refractivity (Wildman–Crippen MR) is 88.0 cm³/mol. The summed E-state index contributed by atoms with van der Waals surface area (Å²) >= 11 is 0. The topological polar surface area (TPSA) is 15.3 Å². The zero-order valence-electron chi connectivity index (χ0n) is 14.7. The highest BCUT2D eigenvalue weighted by molar-refractivity contribution is 5.50. The lowest BCUT2D eigenvalue weighted by atomic mass is 9.84. The van der Waals surface area contributed by atoms with Gasteiger partial charge in [0.1, 0.15) is 0 Å². The van der Waals surface area contributed by atoms with Crippen molar-refractivity contribution in [1.29, 1.82) is 0 Å². The van der Waals surface area contributed by atoms with Crippen LogP contribution in [0.5, 0.6) is 0 Å². The predicted octanol–water partition coefficient (Wildman–Crippen LogP) is 4.13.